The summed E-state index contributed by atoms with van der Waals surface area (Å²) in [6.45, 7) is 3.30. The van der Waals surface area contributed by atoms with Gasteiger partial charge < -0.3 is 4.74 Å². The number of rotatable bonds is 4. The van der Waals surface area contributed by atoms with Crippen LogP contribution >= 0.6 is 0 Å². The average molecular weight is 314 g/mol. The molecule has 118 valence electrons. The Morgan fingerprint density at radius 2 is 2.19 bits per heavy atom. The van der Waals surface area contributed by atoms with Crippen LogP contribution in [0, 0.1) is 6.92 Å². The highest BCUT2D eigenvalue weighted by Gasteiger charge is 2.29. The smallest absolute Gasteiger partial charge is 0.214 e. The number of hydrogen-bond acceptors (Lipinski definition) is 5. The largest absolute Gasteiger partial charge is 0.377 e. The number of nitrogens with zero attached hydrogens (tertiary/aromatic N) is 3. The first-order chi connectivity index (χ1) is 10.0. The molecular weight excluding hydrogens is 292 g/mol. The Morgan fingerprint density at radius 1 is 1.33 bits per heavy atom. The molecule has 0 spiro atoms. The van der Waals surface area contributed by atoms with Gasteiger partial charge in [0.1, 0.15) is 11.6 Å². The standard InChI is InChI=1S/C13H22N4O3S/c1-10-14-13-12(6-4-7-17(13)15-10)16-21(18,19)9-11-5-2-3-8-20-11/h11-12,16H,2-9H2,1H3/t11-,12+/m1/s1. The molecule has 1 N–H and O–H groups in total. The maximum absolute atomic E-state index is 12.3. The highest BCUT2D eigenvalue weighted by molar-refractivity contribution is 7.89. The summed E-state index contributed by atoms with van der Waals surface area (Å²) in [6, 6.07) is -0.270. The molecule has 8 heteroatoms. The van der Waals surface area contributed by atoms with Crippen LogP contribution in [0.3, 0.4) is 0 Å². The van der Waals surface area contributed by atoms with Gasteiger partial charge in [0.2, 0.25) is 10.0 Å². The second-order valence-corrected chi connectivity index (χ2v) is 7.62. The second-order valence-electron chi connectivity index (χ2n) is 5.82. The van der Waals surface area contributed by atoms with E-state index >= 15 is 0 Å². The first-order valence-electron chi connectivity index (χ1n) is 7.56. The van der Waals surface area contributed by atoms with Crippen LogP contribution in [0.15, 0.2) is 0 Å². The average Bonchev–Trinajstić information content (AvgIpc) is 2.80. The van der Waals surface area contributed by atoms with Crippen LogP contribution in [0.4, 0.5) is 0 Å². The first-order valence-corrected chi connectivity index (χ1v) is 9.22. The van der Waals surface area contributed by atoms with Crippen molar-refractivity contribution in [3.63, 3.8) is 0 Å². The van der Waals surface area contributed by atoms with E-state index in [2.05, 4.69) is 14.8 Å². The van der Waals surface area contributed by atoms with Gasteiger partial charge in [0.05, 0.1) is 17.9 Å². The molecule has 1 aromatic rings. The van der Waals surface area contributed by atoms with Crippen molar-refractivity contribution in [2.75, 3.05) is 12.4 Å². The van der Waals surface area contributed by atoms with Gasteiger partial charge in [-0.15, -0.1) is 0 Å². The summed E-state index contributed by atoms with van der Waals surface area (Å²) in [5.74, 6) is 1.45. The summed E-state index contributed by atoms with van der Waals surface area (Å²) >= 11 is 0. The molecule has 0 radical (unpaired) electrons. The molecular formula is C13H22N4O3S. The molecule has 2 atom stereocenters. The summed E-state index contributed by atoms with van der Waals surface area (Å²) in [5, 5.41) is 4.29. The molecule has 3 rings (SSSR count). The van der Waals surface area contributed by atoms with Gasteiger partial charge >= 0.3 is 0 Å². The van der Waals surface area contributed by atoms with Crippen molar-refractivity contribution in [2.45, 2.75) is 57.7 Å². The van der Waals surface area contributed by atoms with Crippen LogP contribution in [0.2, 0.25) is 0 Å². The Bertz CT molecular complexity index is 593. The highest BCUT2D eigenvalue weighted by Crippen LogP contribution is 2.24. The van der Waals surface area contributed by atoms with Crippen LogP contribution in [0.5, 0.6) is 0 Å². The molecule has 7 nitrogen and oxygen atoms in total. The van der Waals surface area contributed by atoms with Crippen LogP contribution < -0.4 is 4.72 Å². The monoisotopic (exact) mass is 314 g/mol. The minimum absolute atomic E-state index is 0.0383. The number of aromatic nitrogens is 3. The predicted octanol–water partition coefficient (Wildman–Crippen LogP) is 0.910. The van der Waals surface area contributed by atoms with E-state index in [1.54, 1.807) is 0 Å². The molecule has 1 aromatic heterocycles. The van der Waals surface area contributed by atoms with Gasteiger partial charge in [-0.2, -0.15) is 5.10 Å². The normalized spacial score (nSPS) is 26.5. The van der Waals surface area contributed by atoms with E-state index in [1.165, 1.54) is 0 Å². The summed E-state index contributed by atoms with van der Waals surface area (Å²) in [4.78, 5) is 4.36. The number of hydrogen-bond donors (Lipinski definition) is 1. The SMILES string of the molecule is Cc1nc2n(n1)CCC[C@@H]2NS(=O)(=O)C[C@H]1CCCCO1. The molecule has 1 fully saturated rings. The first kappa shape index (κ1) is 14.9. The van der Waals surface area contributed by atoms with Gasteiger partial charge in [-0.1, -0.05) is 0 Å². The van der Waals surface area contributed by atoms with Crippen LogP contribution in [-0.4, -0.2) is 41.6 Å². The molecule has 1 saturated heterocycles. The molecule has 0 saturated carbocycles. The Kier molecular flexibility index (Phi) is 4.28. The summed E-state index contributed by atoms with van der Waals surface area (Å²) in [5.41, 5.74) is 0. The van der Waals surface area contributed by atoms with E-state index in [0.29, 0.717) is 12.4 Å². The molecule has 2 aliphatic rings. The van der Waals surface area contributed by atoms with Crippen molar-refractivity contribution < 1.29 is 13.2 Å². The summed E-state index contributed by atoms with van der Waals surface area (Å²) in [7, 11) is -3.37. The Balaban J connectivity index is 1.68. The van der Waals surface area contributed by atoms with Crippen molar-refractivity contribution in [2.24, 2.45) is 0 Å². The zero-order valence-electron chi connectivity index (χ0n) is 12.3. The molecule has 0 aliphatic carbocycles. The van der Waals surface area contributed by atoms with Gasteiger partial charge in [0.15, 0.2) is 0 Å². The Hall–Kier alpha value is -0.990. The lowest BCUT2D eigenvalue weighted by Gasteiger charge is -2.26. The third-order valence-corrected chi connectivity index (χ3v) is 5.44. The number of nitrogens with one attached hydrogen (secondary N) is 1. The number of fused-ring (bicyclic) bond motifs is 1. The fourth-order valence-electron chi connectivity index (χ4n) is 3.03. The van der Waals surface area contributed by atoms with E-state index in [1.807, 2.05) is 11.6 Å². The van der Waals surface area contributed by atoms with Crippen molar-refractivity contribution in [1.29, 1.82) is 0 Å². The Morgan fingerprint density at radius 3 is 2.95 bits per heavy atom. The van der Waals surface area contributed by atoms with Gasteiger partial charge in [0.25, 0.3) is 0 Å². The lowest BCUT2D eigenvalue weighted by molar-refractivity contribution is 0.0303. The van der Waals surface area contributed by atoms with Crippen molar-refractivity contribution in [1.82, 2.24) is 19.5 Å². The molecule has 3 heterocycles. The summed E-state index contributed by atoms with van der Waals surface area (Å²) in [6.07, 6.45) is 4.37. The number of aryl methyl sites for hydroxylation is 2. The fraction of sp³-hybridized carbons (Fsp3) is 0.846. The second kappa shape index (κ2) is 6.02. The van der Waals surface area contributed by atoms with E-state index < -0.39 is 10.0 Å². The number of ether oxygens (including phenoxy) is 1. The van der Waals surface area contributed by atoms with Gasteiger partial charge in [0, 0.05) is 13.2 Å². The maximum Gasteiger partial charge on any atom is 0.214 e. The third-order valence-electron chi connectivity index (χ3n) is 3.98. The predicted molar refractivity (Wildman–Crippen MR) is 77.2 cm³/mol. The van der Waals surface area contributed by atoms with Crippen molar-refractivity contribution >= 4 is 10.0 Å². The van der Waals surface area contributed by atoms with Crippen molar-refractivity contribution in [3.05, 3.63) is 11.6 Å². The maximum atomic E-state index is 12.3. The zero-order valence-corrected chi connectivity index (χ0v) is 13.1. The fourth-order valence-corrected chi connectivity index (χ4v) is 4.53. The minimum Gasteiger partial charge on any atom is -0.377 e. The molecule has 0 unspecified atom stereocenters. The lowest BCUT2D eigenvalue weighted by Crippen LogP contribution is -2.39. The third kappa shape index (κ3) is 3.61. The molecule has 2 aliphatic heterocycles. The molecule has 0 bridgehead atoms. The highest BCUT2D eigenvalue weighted by atomic mass is 32.2. The minimum atomic E-state index is -3.37. The van der Waals surface area contributed by atoms with Crippen LogP contribution in [0.25, 0.3) is 0 Å². The van der Waals surface area contributed by atoms with Gasteiger partial charge in [-0.25, -0.2) is 22.8 Å². The Labute approximate surface area is 125 Å². The zero-order chi connectivity index (χ0) is 14.9. The molecule has 21 heavy (non-hydrogen) atoms. The number of sulfonamides is 1. The van der Waals surface area contributed by atoms with E-state index in [9.17, 15) is 8.42 Å². The van der Waals surface area contributed by atoms with Crippen LogP contribution in [-0.2, 0) is 21.3 Å². The van der Waals surface area contributed by atoms with E-state index in [4.69, 9.17) is 4.74 Å². The molecule has 0 amide bonds. The topological polar surface area (TPSA) is 86.1 Å². The van der Waals surface area contributed by atoms with E-state index in [0.717, 1.165) is 44.5 Å². The van der Waals surface area contributed by atoms with Crippen LogP contribution in [0.1, 0.15) is 49.8 Å². The van der Waals surface area contributed by atoms with E-state index in [-0.39, 0.29) is 17.9 Å². The van der Waals surface area contributed by atoms with Crippen molar-refractivity contribution in [3.8, 4) is 0 Å². The molecule has 0 aromatic carbocycles. The summed E-state index contributed by atoms with van der Waals surface area (Å²) < 4.78 is 34.8. The quantitative estimate of drug-likeness (QED) is 0.892. The van der Waals surface area contributed by atoms with Gasteiger partial charge in [-0.3, -0.25) is 0 Å². The lowest BCUT2D eigenvalue weighted by atomic mass is 10.1. The van der Waals surface area contributed by atoms with Gasteiger partial charge in [-0.05, 0) is 39.0 Å².